The van der Waals surface area contributed by atoms with Crippen molar-refractivity contribution in [2.45, 2.75) is 39.3 Å². The summed E-state index contributed by atoms with van der Waals surface area (Å²) < 4.78 is 2.10. The maximum Gasteiger partial charge on any atom is 0.138 e. The van der Waals surface area contributed by atoms with E-state index in [9.17, 15) is 5.11 Å². The largest absolute Gasteiger partial charge is 0.385 e. The summed E-state index contributed by atoms with van der Waals surface area (Å²) in [5, 5.41) is 10.0. The van der Waals surface area contributed by atoms with Crippen LogP contribution in [-0.4, -0.2) is 14.7 Å². The predicted molar refractivity (Wildman–Crippen MR) is 90.0 cm³/mol. The highest BCUT2D eigenvalue weighted by atomic mass is 16.3. The molecule has 0 saturated carbocycles. The number of fused-ring (bicyclic) bond motifs is 1. The van der Waals surface area contributed by atoms with E-state index in [2.05, 4.69) is 53.7 Å². The second-order valence-corrected chi connectivity index (χ2v) is 6.12. The molecule has 0 aliphatic rings. The van der Waals surface area contributed by atoms with Crippen LogP contribution in [0.3, 0.4) is 0 Å². The molecule has 3 nitrogen and oxygen atoms in total. The van der Waals surface area contributed by atoms with Crippen LogP contribution in [0, 0.1) is 0 Å². The summed E-state index contributed by atoms with van der Waals surface area (Å²) in [5.41, 5.74) is 4.55. The molecule has 0 saturated heterocycles. The van der Waals surface area contributed by atoms with Gasteiger partial charge in [-0.3, -0.25) is 0 Å². The average molecular weight is 294 g/mol. The molecule has 1 atom stereocenters. The number of imidazole rings is 1. The van der Waals surface area contributed by atoms with Crippen molar-refractivity contribution in [2.24, 2.45) is 0 Å². The van der Waals surface area contributed by atoms with E-state index in [1.54, 1.807) is 6.92 Å². The van der Waals surface area contributed by atoms with Crippen LogP contribution in [0.15, 0.2) is 48.5 Å². The van der Waals surface area contributed by atoms with Gasteiger partial charge in [0.15, 0.2) is 0 Å². The first-order valence-electron chi connectivity index (χ1n) is 7.78. The SMILES string of the molecule is CC(C)c1ccc(Cn2c(C(C)O)nc3ccccc32)cc1. The molecule has 114 valence electrons. The predicted octanol–water partition coefficient (Wildman–Crippen LogP) is 4.26. The Hall–Kier alpha value is -2.13. The monoisotopic (exact) mass is 294 g/mol. The topological polar surface area (TPSA) is 38.0 Å². The number of benzene rings is 2. The lowest BCUT2D eigenvalue weighted by molar-refractivity contribution is 0.185. The van der Waals surface area contributed by atoms with Gasteiger partial charge in [-0.2, -0.15) is 0 Å². The lowest BCUT2D eigenvalue weighted by Crippen LogP contribution is -2.08. The number of aliphatic hydroxyl groups is 1. The lowest BCUT2D eigenvalue weighted by atomic mass is 10.0. The normalized spacial score (nSPS) is 13.0. The standard InChI is InChI=1S/C19H22N2O/c1-13(2)16-10-8-15(9-11-16)12-21-18-7-5-4-6-17(18)20-19(21)14(3)22/h4-11,13-14,22H,12H2,1-3H3. The van der Waals surface area contributed by atoms with E-state index in [0.717, 1.165) is 17.6 Å². The van der Waals surface area contributed by atoms with E-state index in [1.165, 1.54) is 11.1 Å². The first-order chi connectivity index (χ1) is 10.6. The zero-order valence-corrected chi connectivity index (χ0v) is 13.3. The molecule has 3 aromatic rings. The van der Waals surface area contributed by atoms with Crippen LogP contribution in [-0.2, 0) is 6.54 Å². The summed E-state index contributed by atoms with van der Waals surface area (Å²) in [6, 6.07) is 16.7. The Morgan fingerprint density at radius 3 is 2.32 bits per heavy atom. The smallest absolute Gasteiger partial charge is 0.138 e. The van der Waals surface area contributed by atoms with Crippen LogP contribution in [0.4, 0.5) is 0 Å². The van der Waals surface area contributed by atoms with Gasteiger partial charge >= 0.3 is 0 Å². The fraction of sp³-hybridized carbons (Fsp3) is 0.316. The number of aromatic nitrogens is 2. The van der Waals surface area contributed by atoms with E-state index < -0.39 is 6.10 Å². The fourth-order valence-electron chi connectivity index (χ4n) is 2.77. The highest BCUT2D eigenvalue weighted by Crippen LogP contribution is 2.23. The molecule has 1 heterocycles. The number of rotatable bonds is 4. The zero-order valence-electron chi connectivity index (χ0n) is 13.3. The minimum Gasteiger partial charge on any atom is -0.385 e. The Kier molecular flexibility index (Phi) is 3.99. The minimum atomic E-state index is -0.581. The second kappa shape index (κ2) is 5.93. The van der Waals surface area contributed by atoms with Crippen molar-refractivity contribution >= 4 is 11.0 Å². The van der Waals surface area contributed by atoms with Crippen LogP contribution >= 0.6 is 0 Å². The number of para-hydroxylation sites is 2. The van der Waals surface area contributed by atoms with E-state index in [4.69, 9.17) is 0 Å². The Morgan fingerprint density at radius 1 is 1.00 bits per heavy atom. The van der Waals surface area contributed by atoms with Gasteiger partial charge in [0.2, 0.25) is 0 Å². The first kappa shape index (κ1) is 14.8. The average Bonchev–Trinajstić information content (AvgIpc) is 2.87. The number of hydrogen-bond acceptors (Lipinski definition) is 2. The maximum absolute atomic E-state index is 10.0. The van der Waals surface area contributed by atoms with Crippen molar-refractivity contribution in [3.05, 3.63) is 65.5 Å². The van der Waals surface area contributed by atoms with Gasteiger partial charge in [0.1, 0.15) is 11.9 Å². The molecular weight excluding hydrogens is 272 g/mol. The molecule has 2 aromatic carbocycles. The van der Waals surface area contributed by atoms with Gasteiger partial charge in [0, 0.05) is 6.54 Å². The Balaban J connectivity index is 2.00. The molecular formula is C19H22N2O. The quantitative estimate of drug-likeness (QED) is 0.780. The van der Waals surface area contributed by atoms with Gasteiger partial charge in [0.25, 0.3) is 0 Å². The van der Waals surface area contributed by atoms with Crippen molar-refractivity contribution in [3.8, 4) is 0 Å². The fourth-order valence-corrected chi connectivity index (χ4v) is 2.77. The summed E-state index contributed by atoms with van der Waals surface area (Å²) in [4.78, 5) is 4.57. The minimum absolute atomic E-state index is 0.538. The van der Waals surface area contributed by atoms with Gasteiger partial charge in [0.05, 0.1) is 11.0 Å². The van der Waals surface area contributed by atoms with E-state index in [1.807, 2.05) is 18.2 Å². The summed E-state index contributed by atoms with van der Waals surface area (Å²) in [7, 11) is 0. The van der Waals surface area contributed by atoms with Crippen LogP contribution in [0.25, 0.3) is 11.0 Å². The number of nitrogens with zero attached hydrogens (tertiary/aromatic N) is 2. The molecule has 1 aromatic heterocycles. The molecule has 3 rings (SSSR count). The third-order valence-electron chi connectivity index (χ3n) is 4.04. The molecule has 3 heteroatoms. The summed E-state index contributed by atoms with van der Waals surface area (Å²) in [5.74, 6) is 1.25. The highest BCUT2D eigenvalue weighted by molar-refractivity contribution is 5.76. The van der Waals surface area contributed by atoms with E-state index in [0.29, 0.717) is 11.7 Å². The Morgan fingerprint density at radius 2 is 1.68 bits per heavy atom. The molecule has 0 fully saturated rings. The molecule has 0 aliphatic carbocycles. The van der Waals surface area contributed by atoms with E-state index in [-0.39, 0.29) is 0 Å². The van der Waals surface area contributed by atoms with Gasteiger partial charge in [-0.25, -0.2) is 4.98 Å². The van der Waals surface area contributed by atoms with Crippen molar-refractivity contribution in [2.75, 3.05) is 0 Å². The van der Waals surface area contributed by atoms with Crippen LogP contribution < -0.4 is 0 Å². The maximum atomic E-state index is 10.0. The van der Waals surface area contributed by atoms with Crippen molar-refractivity contribution < 1.29 is 5.11 Å². The van der Waals surface area contributed by atoms with Gasteiger partial charge in [-0.15, -0.1) is 0 Å². The van der Waals surface area contributed by atoms with Crippen molar-refractivity contribution in [3.63, 3.8) is 0 Å². The van der Waals surface area contributed by atoms with Gasteiger partial charge < -0.3 is 9.67 Å². The summed E-state index contributed by atoms with van der Waals surface area (Å²) >= 11 is 0. The Labute approximate surface area is 131 Å². The molecule has 0 aliphatic heterocycles. The molecule has 22 heavy (non-hydrogen) atoms. The molecule has 1 unspecified atom stereocenters. The molecule has 1 N–H and O–H groups in total. The van der Waals surface area contributed by atoms with Crippen LogP contribution in [0.2, 0.25) is 0 Å². The first-order valence-corrected chi connectivity index (χ1v) is 7.78. The van der Waals surface area contributed by atoms with Crippen molar-refractivity contribution in [1.29, 1.82) is 0 Å². The third-order valence-corrected chi connectivity index (χ3v) is 4.04. The molecule has 0 bridgehead atoms. The highest BCUT2D eigenvalue weighted by Gasteiger charge is 2.14. The van der Waals surface area contributed by atoms with Crippen molar-refractivity contribution in [1.82, 2.24) is 9.55 Å². The Bertz CT molecular complexity index is 770. The number of aliphatic hydroxyl groups excluding tert-OH is 1. The summed E-state index contributed by atoms with van der Waals surface area (Å²) in [6.07, 6.45) is -0.581. The van der Waals surface area contributed by atoms with Crippen LogP contribution in [0.5, 0.6) is 0 Å². The van der Waals surface area contributed by atoms with Crippen LogP contribution in [0.1, 0.15) is 49.7 Å². The number of hydrogen-bond donors (Lipinski definition) is 1. The molecule has 0 spiro atoms. The summed E-state index contributed by atoms with van der Waals surface area (Å²) in [6.45, 7) is 6.88. The molecule has 0 radical (unpaired) electrons. The zero-order chi connectivity index (χ0) is 15.7. The van der Waals surface area contributed by atoms with E-state index >= 15 is 0 Å². The van der Waals surface area contributed by atoms with Gasteiger partial charge in [-0.1, -0.05) is 50.2 Å². The third kappa shape index (κ3) is 2.77. The molecule has 0 amide bonds. The van der Waals surface area contributed by atoms with Gasteiger partial charge in [-0.05, 0) is 36.1 Å². The second-order valence-electron chi connectivity index (χ2n) is 6.12. The lowest BCUT2D eigenvalue weighted by Gasteiger charge is -2.12.